The molecule has 1 heterocycles. The number of aromatic nitrogens is 2. The Labute approximate surface area is 242 Å². The van der Waals surface area contributed by atoms with Gasteiger partial charge in [-0.2, -0.15) is 0 Å². The smallest absolute Gasteiger partial charge is 0.272 e. The number of halogens is 6. The number of nitrogens with zero attached hydrogens (tertiary/aromatic N) is 2. The molecule has 0 radical (unpaired) electrons. The first kappa shape index (κ1) is 29.5. The molecule has 2 amide bonds. The molecule has 40 heavy (non-hydrogen) atoms. The van der Waals surface area contributed by atoms with E-state index in [0.29, 0.717) is 38.0 Å². The number of aryl methyl sites for hydroxylation is 1. The van der Waals surface area contributed by atoms with Crippen molar-refractivity contribution in [1.82, 2.24) is 14.9 Å². The van der Waals surface area contributed by atoms with Gasteiger partial charge in [0, 0.05) is 43.7 Å². The van der Waals surface area contributed by atoms with Gasteiger partial charge in [-0.05, 0) is 41.5 Å². The third kappa shape index (κ3) is 6.63. The predicted octanol–water partition coefficient (Wildman–Crippen LogP) is 6.80. The molecule has 0 unspecified atom stereocenters. The van der Waals surface area contributed by atoms with Crippen LogP contribution in [0.3, 0.4) is 0 Å². The molecule has 2 N–H and O–H groups in total. The highest BCUT2D eigenvalue weighted by molar-refractivity contribution is 6.36. The highest BCUT2D eigenvalue weighted by Gasteiger charge is 2.21. The summed E-state index contributed by atoms with van der Waals surface area (Å²) in [4.78, 5) is 29.1. The van der Waals surface area contributed by atoms with Crippen LogP contribution >= 0.6 is 34.8 Å². The van der Waals surface area contributed by atoms with Crippen molar-refractivity contribution in [3.8, 4) is 5.75 Å². The third-order valence-corrected chi connectivity index (χ3v) is 7.11. The summed E-state index contributed by atoms with van der Waals surface area (Å²) in [6.07, 6.45) is -2.58. The summed E-state index contributed by atoms with van der Waals surface area (Å²) in [5.41, 5.74) is 2.25. The van der Waals surface area contributed by atoms with Crippen LogP contribution < -0.4 is 15.4 Å². The van der Waals surface area contributed by atoms with Crippen molar-refractivity contribution in [3.05, 3.63) is 85.9 Å². The number of rotatable bonds is 9. The molecule has 0 atom stereocenters. The number of carbonyl (C=O) groups excluding carboxylic acids is 2. The van der Waals surface area contributed by atoms with E-state index < -0.39 is 24.8 Å². The summed E-state index contributed by atoms with van der Waals surface area (Å²) in [6.45, 7) is 0.668. The fraction of sp³-hybridized carbons (Fsp3) is 0.222. The molecule has 13 heteroatoms. The van der Waals surface area contributed by atoms with Gasteiger partial charge in [0.25, 0.3) is 12.3 Å². The van der Waals surface area contributed by atoms with Crippen molar-refractivity contribution in [1.29, 1.82) is 0 Å². The van der Waals surface area contributed by atoms with Gasteiger partial charge in [-0.25, -0.2) is 18.2 Å². The summed E-state index contributed by atoms with van der Waals surface area (Å²) >= 11 is 18.9. The van der Waals surface area contributed by atoms with Crippen molar-refractivity contribution in [2.75, 3.05) is 11.9 Å². The lowest BCUT2D eigenvalue weighted by Gasteiger charge is -2.13. The minimum atomic E-state index is -2.78. The van der Waals surface area contributed by atoms with E-state index in [1.54, 1.807) is 23.7 Å². The maximum absolute atomic E-state index is 13.5. The normalized spacial score (nSPS) is 11.2. The molecule has 4 rings (SSSR count). The van der Waals surface area contributed by atoms with Crippen LogP contribution in [-0.2, 0) is 24.8 Å². The number of amides is 2. The van der Waals surface area contributed by atoms with Gasteiger partial charge in [0.15, 0.2) is 0 Å². The number of nitrogens with one attached hydrogen (secondary N) is 2. The van der Waals surface area contributed by atoms with Gasteiger partial charge in [0.2, 0.25) is 5.91 Å². The molecule has 0 saturated heterocycles. The van der Waals surface area contributed by atoms with Crippen molar-refractivity contribution in [2.24, 2.45) is 7.05 Å². The molecular weight excluding hydrogens is 592 g/mol. The van der Waals surface area contributed by atoms with Crippen LogP contribution in [0.25, 0.3) is 11.0 Å². The second kappa shape index (κ2) is 12.4. The number of hydrogen-bond acceptors (Lipinski definition) is 4. The number of ether oxygens (including phenoxy) is 1. The number of hydrogen-bond donors (Lipinski definition) is 2. The van der Waals surface area contributed by atoms with E-state index >= 15 is 0 Å². The maximum Gasteiger partial charge on any atom is 0.272 e. The fourth-order valence-electron chi connectivity index (χ4n) is 3.97. The number of alkyl halides is 2. The first-order valence-electron chi connectivity index (χ1n) is 11.8. The predicted molar refractivity (Wildman–Crippen MR) is 148 cm³/mol. The Kier molecular flexibility index (Phi) is 9.12. The Morgan fingerprint density at radius 1 is 1.07 bits per heavy atom. The number of anilines is 1. The van der Waals surface area contributed by atoms with E-state index in [1.165, 1.54) is 31.2 Å². The molecule has 0 aliphatic rings. The molecule has 7 nitrogen and oxygen atoms in total. The van der Waals surface area contributed by atoms with Crippen LogP contribution in [0.1, 0.15) is 34.2 Å². The van der Waals surface area contributed by atoms with Gasteiger partial charge in [-0.3, -0.25) is 9.59 Å². The van der Waals surface area contributed by atoms with E-state index in [1.807, 2.05) is 0 Å². The number of fused-ring (bicyclic) bond motifs is 1. The van der Waals surface area contributed by atoms with Crippen LogP contribution in [0.4, 0.5) is 18.9 Å². The molecular formula is C27H22Cl3F3N4O3. The lowest BCUT2D eigenvalue weighted by molar-refractivity contribution is -0.119. The molecule has 0 spiro atoms. The average Bonchev–Trinajstić information content (AvgIpc) is 3.20. The van der Waals surface area contributed by atoms with Crippen molar-refractivity contribution in [2.45, 2.75) is 26.3 Å². The van der Waals surface area contributed by atoms with Crippen molar-refractivity contribution >= 4 is 63.3 Å². The SMILES string of the molecule is CC(=O)NCc1ccc(Cl)c(Cc2nc3cc(C(=O)Nc4ccc(F)c(Cl)c4)c(OCC(F)F)cc3n2C)c1Cl. The number of imidazole rings is 1. The van der Waals surface area contributed by atoms with Crippen LogP contribution in [0, 0.1) is 5.82 Å². The number of benzene rings is 3. The van der Waals surface area contributed by atoms with Gasteiger partial charge in [-0.15, -0.1) is 0 Å². The van der Waals surface area contributed by atoms with Crippen molar-refractivity contribution < 1.29 is 27.5 Å². The Hall–Kier alpha value is -3.47. The minimum absolute atomic E-state index is 0.0633. The summed E-state index contributed by atoms with van der Waals surface area (Å²) in [5.74, 6) is -1.16. The molecule has 1 aromatic heterocycles. The lowest BCUT2D eigenvalue weighted by Crippen LogP contribution is -2.19. The molecule has 0 aliphatic carbocycles. The summed E-state index contributed by atoms with van der Waals surface area (Å²) < 4.78 is 46.5. The molecule has 4 aromatic rings. The summed E-state index contributed by atoms with van der Waals surface area (Å²) in [5, 5.41) is 5.82. The standard InChI is InChI=1S/C27H22Cl3F3N4O3/c1-13(38)34-11-14-3-5-18(28)16(26(14)30)9-25-36-21-8-17(23(40-12-24(32)33)10-22(21)37(25)2)27(39)35-15-4-6-20(31)19(29)7-15/h3-8,10,24H,9,11-12H2,1-2H3,(H,34,38)(H,35,39). The van der Waals surface area contributed by atoms with Gasteiger partial charge in [0.1, 0.15) is 24.0 Å². The first-order valence-corrected chi connectivity index (χ1v) is 12.9. The lowest BCUT2D eigenvalue weighted by atomic mass is 10.1. The average molecular weight is 614 g/mol. The summed E-state index contributed by atoms with van der Waals surface area (Å²) in [7, 11) is 1.71. The fourth-order valence-corrected chi connectivity index (χ4v) is 4.72. The Balaban J connectivity index is 1.72. The van der Waals surface area contributed by atoms with Crippen LogP contribution in [0.2, 0.25) is 15.1 Å². The van der Waals surface area contributed by atoms with E-state index in [4.69, 9.17) is 39.5 Å². The largest absolute Gasteiger partial charge is 0.487 e. The van der Waals surface area contributed by atoms with E-state index in [-0.39, 0.29) is 40.9 Å². The van der Waals surface area contributed by atoms with E-state index in [0.717, 1.165) is 6.07 Å². The van der Waals surface area contributed by atoms with Crippen molar-refractivity contribution in [3.63, 3.8) is 0 Å². The zero-order chi connectivity index (χ0) is 29.1. The molecule has 3 aromatic carbocycles. The maximum atomic E-state index is 13.5. The Bertz CT molecular complexity index is 1610. The highest BCUT2D eigenvalue weighted by Crippen LogP contribution is 2.33. The van der Waals surface area contributed by atoms with Crippen LogP contribution in [0.5, 0.6) is 5.75 Å². The Morgan fingerprint density at radius 2 is 1.82 bits per heavy atom. The molecule has 210 valence electrons. The van der Waals surface area contributed by atoms with Crippen LogP contribution in [-0.4, -0.2) is 34.4 Å². The molecule has 0 saturated carbocycles. The zero-order valence-corrected chi connectivity index (χ0v) is 23.4. The van der Waals surface area contributed by atoms with Gasteiger partial charge in [-0.1, -0.05) is 40.9 Å². The monoisotopic (exact) mass is 612 g/mol. The van der Waals surface area contributed by atoms with E-state index in [9.17, 15) is 22.8 Å². The Morgan fingerprint density at radius 3 is 2.50 bits per heavy atom. The topological polar surface area (TPSA) is 85.2 Å². The second-order valence-electron chi connectivity index (χ2n) is 8.79. The van der Waals surface area contributed by atoms with E-state index in [2.05, 4.69) is 15.6 Å². The second-order valence-corrected chi connectivity index (χ2v) is 9.99. The minimum Gasteiger partial charge on any atom is -0.487 e. The highest BCUT2D eigenvalue weighted by atomic mass is 35.5. The van der Waals surface area contributed by atoms with Gasteiger partial charge >= 0.3 is 0 Å². The third-order valence-electron chi connectivity index (χ3n) is 5.99. The molecule has 0 bridgehead atoms. The van der Waals surface area contributed by atoms with Gasteiger partial charge < -0.3 is 19.9 Å². The summed E-state index contributed by atoms with van der Waals surface area (Å²) in [6, 6.07) is 9.85. The van der Waals surface area contributed by atoms with Gasteiger partial charge in [0.05, 0.1) is 26.6 Å². The zero-order valence-electron chi connectivity index (χ0n) is 21.1. The first-order chi connectivity index (χ1) is 18.9. The molecule has 0 fully saturated rings. The quantitative estimate of drug-likeness (QED) is 0.218. The number of carbonyl (C=O) groups is 2. The molecule has 0 aliphatic heterocycles. The van der Waals surface area contributed by atoms with Crippen LogP contribution in [0.15, 0.2) is 42.5 Å².